The third-order valence-electron chi connectivity index (χ3n) is 3.93. The zero-order chi connectivity index (χ0) is 14.6. The second-order valence-electron chi connectivity index (χ2n) is 7.64. The Balaban J connectivity index is 1.62. The average molecular weight is 298 g/mol. The Morgan fingerprint density at radius 2 is 2.05 bits per heavy atom. The summed E-state index contributed by atoms with van der Waals surface area (Å²) in [5.41, 5.74) is 0.408. The van der Waals surface area contributed by atoms with E-state index in [1.54, 1.807) is 0 Å². The minimum atomic E-state index is 0.408. The molecule has 116 valence electrons. The number of likely N-dealkylation sites (tertiary alicyclic amines) is 1. The summed E-state index contributed by atoms with van der Waals surface area (Å²) in [4.78, 5) is 7.26. The van der Waals surface area contributed by atoms with E-state index in [1.807, 2.05) is 11.8 Å². The molecular weight excluding hydrogens is 266 g/mol. The van der Waals surface area contributed by atoms with Crippen LogP contribution in [0, 0.1) is 11.3 Å². The minimum absolute atomic E-state index is 0.408. The van der Waals surface area contributed by atoms with E-state index < -0.39 is 0 Å². The van der Waals surface area contributed by atoms with Crippen molar-refractivity contribution in [2.24, 2.45) is 16.3 Å². The molecule has 0 amide bonds. The molecule has 0 radical (unpaired) electrons. The fourth-order valence-corrected chi connectivity index (χ4v) is 4.40. The van der Waals surface area contributed by atoms with Gasteiger partial charge in [-0.25, -0.2) is 0 Å². The summed E-state index contributed by atoms with van der Waals surface area (Å²) in [6.45, 7) is 15.2. The lowest BCUT2D eigenvalue weighted by molar-refractivity contribution is 0.288. The molecule has 1 saturated heterocycles. The van der Waals surface area contributed by atoms with Crippen LogP contribution in [0.4, 0.5) is 0 Å². The van der Waals surface area contributed by atoms with Crippen LogP contribution in [0.25, 0.3) is 0 Å². The summed E-state index contributed by atoms with van der Waals surface area (Å²) < 4.78 is 0. The van der Waals surface area contributed by atoms with E-state index in [9.17, 15) is 0 Å². The van der Waals surface area contributed by atoms with E-state index in [0.29, 0.717) is 16.6 Å². The van der Waals surface area contributed by atoms with E-state index in [4.69, 9.17) is 0 Å². The Bertz CT molecular complexity index is 329. The van der Waals surface area contributed by atoms with E-state index in [2.05, 4.69) is 42.9 Å². The first kappa shape index (κ1) is 16.2. The summed E-state index contributed by atoms with van der Waals surface area (Å²) in [5, 5.41) is 5.40. The monoisotopic (exact) mass is 297 g/mol. The molecule has 1 fully saturated rings. The predicted octanol–water partition coefficient (Wildman–Crippen LogP) is 3.22. The molecular formula is C16H31N3S. The second-order valence-corrected chi connectivity index (χ2v) is 8.93. The third-order valence-corrected chi connectivity index (χ3v) is 5.07. The highest BCUT2D eigenvalue weighted by Crippen LogP contribution is 2.31. The molecule has 0 aromatic rings. The average Bonchev–Trinajstić information content (AvgIpc) is 2.96. The van der Waals surface area contributed by atoms with Gasteiger partial charge in [-0.05, 0) is 43.7 Å². The molecule has 0 aliphatic carbocycles. The van der Waals surface area contributed by atoms with Gasteiger partial charge in [0.2, 0.25) is 0 Å². The van der Waals surface area contributed by atoms with Gasteiger partial charge in [0, 0.05) is 18.3 Å². The summed E-state index contributed by atoms with van der Waals surface area (Å²) in [7, 11) is 0. The number of aliphatic imine (C=N–C) groups is 1. The van der Waals surface area contributed by atoms with Crippen molar-refractivity contribution in [3.63, 3.8) is 0 Å². The Kier molecular flexibility index (Phi) is 5.79. The van der Waals surface area contributed by atoms with Crippen LogP contribution in [0.5, 0.6) is 0 Å². The van der Waals surface area contributed by atoms with Gasteiger partial charge in [-0.2, -0.15) is 0 Å². The zero-order valence-corrected chi connectivity index (χ0v) is 14.4. The molecule has 2 heterocycles. The van der Waals surface area contributed by atoms with Gasteiger partial charge >= 0.3 is 0 Å². The number of amidine groups is 1. The molecule has 0 aromatic carbocycles. The first-order valence-electron chi connectivity index (χ1n) is 8.10. The molecule has 0 spiro atoms. The maximum absolute atomic E-state index is 4.66. The van der Waals surface area contributed by atoms with Gasteiger partial charge in [-0.1, -0.05) is 39.5 Å². The van der Waals surface area contributed by atoms with Gasteiger partial charge in [0.25, 0.3) is 0 Å². The van der Waals surface area contributed by atoms with Crippen molar-refractivity contribution in [3.8, 4) is 0 Å². The van der Waals surface area contributed by atoms with Gasteiger partial charge in [-0.15, -0.1) is 0 Å². The van der Waals surface area contributed by atoms with Crippen molar-refractivity contribution in [1.29, 1.82) is 0 Å². The lowest BCUT2D eigenvalue weighted by Crippen LogP contribution is -2.33. The Hall–Kier alpha value is -0.220. The highest BCUT2D eigenvalue weighted by atomic mass is 32.2. The van der Waals surface area contributed by atoms with Gasteiger partial charge < -0.3 is 10.2 Å². The number of nitrogens with one attached hydrogen (secondary N) is 1. The van der Waals surface area contributed by atoms with Crippen LogP contribution in [0.1, 0.15) is 47.0 Å². The van der Waals surface area contributed by atoms with Crippen LogP contribution in [0.2, 0.25) is 0 Å². The highest BCUT2D eigenvalue weighted by Gasteiger charge is 2.25. The van der Waals surface area contributed by atoms with E-state index in [1.165, 1.54) is 44.1 Å². The Morgan fingerprint density at radius 1 is 1.35 bits per heavy atom. The van der Waals surface area contributed by atoms with Crippen molar-refractivity contribution in [2.75, 3.05) is 32.7 Å². The van der Waals surface area contributed by atoms with Crippen LogP contribution in [-0.4, -0.2) is 48.0 Å². The molecule has 0 aromatic heterocycles. The van der Waals surface area contributed by atoms with Gasteiger partial charge in [-0.3, -0.25) is 4.99 Å². The molecule has 0 bridgehead atoms. The van der Waals surface area contributed by atoms with Crippen molar-refractivity contribution >= 4 is 16.9 Å². The van der Waals surface area contributed by atoms with Crippen molar-refractivity contribution in [2.45, 2.75) is 52.2 Å². The maximum atomic E-state index is 4.66. The van der Waals surface area contributed by atoms with Crippen LogP contribution in [0.15, 0.2) is 4.99 Å². The van der Waals surface area contributed by atoms with Crippen LogP contribution >= 0.6 is 11.8 Å². The van der Waals surface area contributed by atoms with Crippen LogP contribution < -0.4 is 5.32 Å². The normalized spacial score (nSPS) is 25.8. The summed E-state index contributed by atoms with van der Waals surface area (Å²) in [6, 6.07) is 0. The summed E-state index contributed by atoms with van der Waals surface area (Å²) in [5.74, 6) is 0.707. The second kappa shape index (κ2) is 7.17. The molecule has 3 nitrogen and oxygen atoms in total. The summed E-state index contributed by atoms with van der Waals surface area (Å²) >= 11 is 1.95. The number of hydrogen-bond donors (Lipinski definition) is 1. The minimum Gasteiger partial charge on any atom is -0.365 e. The Morgan fingerprint density at radius 3 is 2.70 bits per heavy atom. The van der Waals surface area contributed by atoms with E-state index in [-0.39, 0.29) is 0 Å². The molecule has 2 rings (SSSR count). The highest BCUT2D eigenvalue weighted by molar-refractivity contribution is 8.14. The molecule has 20 heavy (non-hydrogen) atoms. The Labute approximate surface area is 129 Å². The van der Waals surface area contributed by atoms with Gasteiger partial charge in [0.1, 0.15) is 0 Å². The first-order valence-corrected chi connectivity index (χ1v) is 8.98. The number of nitrogens with zero attached hydrogens (tertiary/aromatic N) is 2. The topological polar surface area (TPSA) is 27.6 Å². The van der Waals surface area contributed by atoms with Crippen LogP contribution in [0.3, 0.4) is 0 Å². The smallest absolute Gasteiger partial charge is 0.156 e. The van der Waals surface area contributed by atoms with E-state index >= 15 is 0 Å². The third kappa shape index (κ3) is 5.65. The quantitative estimate of drug-likeness (QED) is 0.844. The number of hydrogen-bond acceptors (Lipinski definition) is 4. The lowest BCUT2D eigenvalue weighted by Gasteiger charge is -2.22. The fraction of sp³-hybridized carbons (Fsp3) is 0.938. The van der Waals surface area contributed by atoms with Gasteiger partial charge in [0.15, 0.2) is 5.17 Å². The molecule has 2 unspecified atom stereocenters. The fourth-order valence-electron chi connectivity index (χ4n) is 3.04. The lowest BCUT2D eigenvalue weighted by atomic mass is 9.90. The standard InChI is InChI=1S/C16H31N3S/c1-13(12-19-7-5-6-8-19)10-17-15-18-11-14(20-15)9-16(2,3)4/h13-14H,5-12H2,1-4H3,(H,17,18). The van der Waals surface area contributed by atoms with Gasteiger partial charge in [0.05, 0.1) is 6.54 Å². The van der Waals surface area contributed by atoms with E-state index in [0.717, 1.165) is 13.1 Å². The van der Waals surface area contributed by atoms with Crippen molar-refractivity contribution < 1.29 is 0 Å². The van der Waals surface area contributed by atoms with Crippen LogP contribution in [-0.2, 0) is 0 Å². The van der Waals surface area contributed by atoms with Crippen molar-refractivity contribution in [1.82, 2.24) is 10.2 Å². The largest absolute Gasteiger partial charge is 0.365 e. The summed E-state index contributed by atoms with van der Waals surface area (Å²) in [6.07, 6.45) is 4.02. The SMILES string of the molecule is CC(CNC1=NCC(CC(C)(C)C)S1)CN1CCCC1. The molecule has 2 aliphatic rings. The molecule has 2 atom stereocenters. The number of thioether (sulfide) groups is 1. The first-order chi connectivity index (χ1) is 9.42. The molecule has 0 saturated carbocycles. The van der Waals surface area contributed by atoms with Crippen molar-refractivity contribution in [3.05, 3.63) is 0 Å². The number of rotatable bonds is 5. The predicted molar refractivity (Wildman–Crippen MR) is 90.6 cm³/mol. The molecule has 1 N–H and O–H groups in total. The zero-order valence-electron chi connectivity index (χ0n) is 13.6. The molecule has 4 heteroatoms. The molecule has 2 aliphatic heterocycles. The maximum Gasteiger partial charge on any atom is 0.156 e.